The fourth-order valence-electron chi connectivity index (χ4n) is 6.19. The molecule has 6 heteroatoms. The van der Waals surface area contributed by atoms with Crippen LogP contribution in [0.15, 0.2) is 36.4 Å². The minimum absolute atomic E-state index is 0.0767. The Hall–Kier alpha value is -2.75. The van der Waals surface area contributed by atoms with Crippen LogP contribution in [0.1, 0.15) is 44.6 Å². The molecule has 3 aliphatic heterocycles. The number of fused-ring (bicyclic) bond motifs is 6. The molecule has 0 spiro atoms. The molecule has 0 radical (unpaired) electrons. The number of hydrogen-bond acceptors (Lipinski definition) is 5. The number of ether oxygens (including phenoxy) is 1. The highest BCUT2D eigenvalue weighted by atomic mass is 16.5. The van der Waals surface area contributed by atoms with Gasteiger partial charge in [-0.2, -0.15) is 5.26 Å². The van der Waals surface area contributed by atoms with Gasteiger partial charge in [0.25, 0.3) is 0 Å². The van der Waals surface area contributed by atoms with Gasteiger partial charge in [-0.25, -0.2) is 4.90 Å². The number of aliphatic hydroxyl groups excluding tert-OH is 1. The molecule has 5 rings (SSSR count). The molecule has 2 aromatic carbocycles. The van der Waals surface area contributed by atoms with Crippen LogP contribution < -0.4 is 4.90 Å². The third-order valence-electron chi connectivity index (χ3n) is 7.29. The molecule has 6 nitrogen and oxygen atoms in total. The maximum atomic E-state index is 13.7. The molecule has 3 aliphatic rings. The Morgan fingerprint density at radius 2 is 1.70 bits per heavy atom. The summed E-state index contributed by atoms with van der Waals surface area (Å²) >= 11 is 0. The Morgan fingerprint density at radius 3 is 2.30 bits per heavy atom. The maximum absolute atomic E-state index is 13.7. The van der Waals surface area contributed by atoms with E-state index in [1.165, 1.54) is 4.90 Å². The number of anilines is 1. The molecule has 4 atom stereocenters. The van der Waals surface area contributed by atoms with Gasteiger partial charge < -0.3 is 9.84 Å². The third-order valence-corrected chi connectivity index (χ3v) is 7.29. The summed E-state index contributed by atoms with van der Waals surface area (Å²) in [5, 5.41) is 20.6. The predicted octanol–water partition coefficient (Wildman–Crippen LogP) is 3.30. The lowest BCUT2D eigenvalue weighted by Crippen LogP contribution is -2.43. The standard InChI is InChI=1S/C24H24N2O4/c1-2-9-23-10-11-24(30-23,12-13-27)20-19(23)21(28)26(22(20)29)18-8-7-15(14-25)16-5-3-4-6-17(16)18/h3-8,19-20,27H,2,9-13H2,1H3/t19-,20+,23-,24-/m0/s1. The number of hydrogen-bond donors (Lipinski definition) is 1. The van der Waals surface area contributed by atoms with Gasteiger partial charge in [0.1, 0.15) is 0 Å². The van der Waals surface area contributed by atoms with Gasteiger partial charge in [-0.3, -0.25) is 9.59 Å². The van der Waals surface area contributed by atoms with Gasteiger partial charge in [-0.05, 0) is 31.4 Å². The topological polar surface area (TPSA) is 90.6 Å². The first-order valence-electron chi connectivity index (χ1n) is 10.6. The lowest BCUT2D eigenvalue weighted by Gasteiger charge is -2.31. The second kappa shape index (κ2) is 6.63. The zero-order valence-electron chi connectivity index (χ0n) is 16.9. The average molecular weight is 404 g/mol. The number of amides is 2. The number of imide groups is 1. The lowest BCUT2D eigenvalue weighted by molar-refractivity contribution is -0.132. The summed E-state index contributed by atoms with van der Waals surface area (Å²) < 4.78 is 6.47. The number of nitriles is 1. The van der Waals surface area contributed by atoms with E-state index < -0.39 is 23.0 Å². The van der Waals surface area contributed by atoms with Crippen molar-refractivity contribution >= 4 is 28.3 Å². The molecule has 0 unspecified atom stereocenters. The van der Waals surface area contributed by atoms with Gasteiger partial charge in [-0.1, -0.05) is 37.6 Å². The van der Waals surface area contributed by atoms with Crippen LogP contribution >= 0.6 is 0 Å². The monoisotopic (exact) mass is 404 g/mol. The molecule has 1 N–H and O–H groups in total. The summed E-state index contributed by atoms with van der Waals surface area (Å²) in [6, 6.07) is 12.9. The van der Waals surface area contributed by atoms with Crippen LogP contribution in [-0.2, 0) is 14.3 Å². The molecular formula is C24H24N2O4. The molecule has 30 heavy (non-hydrogen) atoms. The van der Waals surface area contributed by atoms with Crippen molar-refractivity contribution in [3.63, 3.8) is 0 Å². The van der Waals surface area contributed by atoms with E-state index in [0.717, 1.165) is 24.6 Å². The zero-order valence-corrected chi connectivity index (χ0v) is 16.9. The number of carbonyl (C=O) groups excluding carboxylic acids is 2. The molecule has 3 heterocycles. The maximum Gasteiger partial charge on any atom is 0.240 e. The van der Waals surface area contributed by atoms with Crippen molar-refractivity contribution in [1.82, 2.24) is 0 Å². The fraction of sp³-hybridized carbons (Fsp3) is 0.458. The number of rotatable bonds is 5. The number of carbonyl (C=O) groups is 2. The molecule has 0 aromatic heterocycles. The van der Waals surface area contributed by atoms with Crippen LogP contribution in [0, 0.1) is 23.2 Å². The smallest absolute Gasteiger partial charge is 0.240 e. The van der Waals surface area contributed by atoms with Gasteiger partial charge in [0.15, 0.2) is 0 Å². The largest absolute Gasteiger partial charge is 0.396 e. The van der Waals surface area contributed by atoms with Crippen LogP contribution in [0.25, 0.3) is 10.8 Å². The summed E-state index contributed by atoms with van der Waals surface area (Å²) in [5.74, 6) is -1.54. The lowest BCUT2D eigenvalue weighted by atomic mass is 9.65. The molecule has 2 amide bonds. The van der Waals surface area contributed by atoms with Crippen molar-refractivity contribution in [2.45, 2.75) is 50.2 Å². The first-order chi connectivity index (χ1) is 14.5. The van der Waals surface area contributed by atoms with E-state index in [2.05, 4.69) is 13.0 Å². The average Bonchev–Trinajstić information content (AvgIpc) is 3.34. The molecule has 3 fully saturated rings. The van der Waals surface area contributed by atoms with Crippen molar-refractivity contribution in [3.8, 4) is 6.07 Å². The SMILES string of the molecule is CCC[C@@]12CC[C@@](CCO)(O1)[C@H]1C(=O)N(c3ccc(C#N)c4ccccc34)C(=O)[C@H]12. The van der Waals surface area contributed by atoms with Crippen molar-refractivity contribution in [2.75, 3.05) is 11.5 Å². The first-order valence-corrected chi connectivity index (χ1v) is 10.6. The Morgan fingerprint density at radius 1 is 1.07 bits per heavy atom. The highest BCUT2D eigenvalue weighted by Gasteiger charge is 2.74. The summed E-state index contributed by atoms with van der Waals surface area (Å²) in [6.45, 7) is 1.98. The number of aliphatic hydroxyl groups is 1. The fourth-order valence-corrected chi connectivity index (χ4v) is 6.19. The van der Waals surface area contributed by atoms with Crippen molar-refractivity contribution in [3.05, 3.63) is 42.0 Å². The summed E-state index contributed by atoms with van der Waals surface area (Å²) in [6.07, 6.45) is 3.38. The molecule has 2 bridgehead atoms. The minimum atomic E-state index is -0.765. The minimum Gasteiger partial charge on any atom is -0.396 e. The predicted molar refractivity (Wildman–Crippen MR) is 111 cm³/mol. The Labute approximate surface area is 175 Å². The van der Waals surface area contributed by atoms with E-state index in [0.29, 0.717) is 29.5 Å². The van der Waals surface area contributed by atoms with E-state index in [-0.39, 0.29) is 18.4 Å². The summed E-state index contributed by atoms with van der Waals surface area (Å²) in [5.41, 5.74) is -0.354. The van der Waals surface area contributed by atoms with E-state index in [1.807, 2.05) is 24.3 Å². The van der Waals surface area contributed by atoms with Gasteiger partial charge in [0, 0.05) is 23.8 Å². The third kappa shape index (κ3) is 2.31. The van der Waals surface area contributed by atoms with Crippen LogP contribution in [0.3, 0.4) is 0 Å². The van der Waals surface area contributed by atoms with E-state index >= 15 is 0 Å². The van der Waals surface area contributed by atoms with Gasteiger partial charge in [0.2, 0.25) is 11.8 Å². The van der Waals surface area contributed by atoms with Crippen LogP contribution in [0.2, 0.25) is 0 Å². The molecule has 154 valence electrons. The van der Waals surface area contributed by atoms with E-state index in [1.54, 1.807) is 12.1 Å². The van der Waals surface area contributed by atoms with Crippen molar-refractivity contribution in [2.24, 2.45) is 11.8 Å². The highest BCUT2D eigenvalue weighted by Crippen LogP contribution is 2.64. The van der Waals surface area contributed by atoms with Gasteiger partial charge >= 0.3 is 0 Å². The van der Waals surface area contributed by atoms with Crippen LogP contribution in [-0.4, -0.2) is 34.7 Å². The zero-order chi connectivity index (χ0) is 21.1. The Balaban J connectivity index is 1.66. The second-order valence-electron chi connectivity index (χ2n) is 8.71. The van der Waals surface area contributed by atoms with Gasteiger partial charge in [-0.15, -0.1) is 0 Å². The van der Waals surface area contributed by atoms with E-state index in [4.69, 9.17) is 4.74 Å². The highest BCUT2D eigenvalue weighted by molar-refractivity contribution is 6.26. The molecule has 0 aliphatic carbocycles. The van der Waals surface area contributed by atoms with Crippen LogP contribution in [0.5, 0.6) is 0 Å². The summed E-state index contributed by atoms with van der Waals surface area (Å²) in [7, 11) is 0. The first kappa shape index (κ1) is 19.2. The normalized spacial score (nSPS) is 32.1. The quantitative estimate of drug-likeness (QED) is 0.772. The number of benzene rings is 2. The van der Waals surface area contributed by atoms with Crippen molar-refractivity contribution in [1.29, 1.82) is 5.26 Å². The van der Waals surface area contributed by atoms with Crippen LogP contribution in [0.4, 0.5) is 5.69 Å². The molecule has 0 saturated carbocycles. The number of nitrogens with zero attached hydrogens (tertiary/aromatic N) is 2. The molecule has 3 saturated heterocycles. The second-order valence-corrected chi connectivity index (χ2v) is 8.71. The van der Waals surface area contributed by atoms with Crippen molar-refractivity contribution < 1.29 is 19.4 Å². The molecule has 2 aromatic rings. The Kier molecular flexibility index (Phi) is 4.25. The Bertz CT molecular complexity index is 1070. The van der Waals surface area contributed by atoms with E-state index in [9.17, 15) is 20.0 Å². The van der Waals surface area contributed by atoms with Gasteiger partial charge in [0.05, 0.1) is 40.4 Å². The summed E-state index contributed by atoms with van der Waals surface area (Å²) in [4.78, 5) is 28.7. The molecular weight excluding hydrogens is 380 g/mol.